The molecule has 2 aromatic heterocycles. The van der Waals surface area contributed by atoms with E-state index in [0.29, 0.717) is 29.9 Å². The lowest BCUT2D eigenvalue weighted by atomic mass is 10.1. The number of carbonyl (C=O) groups is 3. The zero-order chi connectivity index (χ0) is 20.2. The van der Waals surface area contributed by atoms with Crippen molar-refractivity contribution in [3.8, 4) is 0 Å². The average molecular weight is 392 g/mol. The summed E-state index contributed by atoms with van der Waals surface area (Å²) in [5.41, 5.74) is 0.838. The van der Waals surface area contributed by atoms with Crippen LogP contribution in [0.5, 0.6) is 0 Å². The first-order valence-corrected chi connectivity index (χ1v) is 9.39. The number of furan rings is 1. The molecule has 0 saturated carbocycles. The van der Waals surface area contributed by atoms with Crippen molar-refractivity contribution in [3.05, 3.63) is 78.0 Å². The highest BCUT2D eigenvalue weighted by molar-refractivity contribution is 6.21. The maximum Gasteiger partial charge on any atom is 0.261 e. The van der Waals surface area contributed by atoms with Crippen LogP contribution < -0.4 is 5.32 Å². The van der Waals surface area contributed by atoms with Crippen molar-refractivity contribution in [1.29, 1.82) is 0 Å². The Labute approximate surface area is 167 Å². The molecular weight excluding hydrogens is 372 g/mol. The molecule has 148 valence electrons. The molecule has 8 nitrogen and oxygen atoms in total. The Balaban J connectivity index is 1.28. The van der Waals surface area contributed by atoms with Crippen LogP contribution in [-0.4, -0.2) is 45.5 Å². The average Bonchev–Trinajstić information content (AvgIpc) is 3.48. The predicted molar refractivity (Wildman–Crippen MR) is 103 cm³/mol. The summed E-state index contributed by atoms with van der Waals surface area (Å²) >= 11 is 0. The van der Waals surface area contributed by atoms with Gasteiger partial charge in [-0.3, -0.25) is 24.0 Å². The fourth-order valence-corrected chi connectivity index (χ4v) is 3.41. The number of aromatic nitrogens is 2. The fourth-order valence-electron chi connectivity index (χ4n) is 3.41. The Kier molecular flexibility index (Phi) is 5.24. The molecule has 8 heteroatoms. The summed E-state index contributed by atoms with van der Waals surface area (Å²) in [4.78, 5) is 38.2. The summed E-state index contributed by atoms with van der Waals surface area (Å²) in [6.07, 6.45) is 5.65. The van der Waals surface area contributed by atoms with E-state index in [1.165, 1.54) is 4.90 Å². The number of nitrogens with one attached hydrogen (secondary N) is 1. The lowest BCUT2D eigenvalue weighted by Crippen LogP contribution is -2.33. The number of benzene rings is 1. The van der Waals surface area contributed by atoms with E-state index in [2.05, 4.69) is 10.4 Å². The van der Waals surface area contributed by atoms with Crippen LogP contribution in [0.4, 0.5) is 0 Å². The van der Waals surface area contributed by atoms with E-state index in [1.54, 1.807) is 53.5 Å². The minimum absolute atomic E-state index is 0.162. The minimum atomic E-state index is -0.303. The molecule has 0 saturated heterocycles. The Morgan fingerprint density at radius 1 is 1.07 bits per heavy atom. The topological polar surface area (TPSA) is 97.4 Å². The van der Waals surface area contributed by atoms with Crippen LogP contribution in [0.1, 0.15) is 45.4 Å². The second-order valence-electron chi connectivity index (χ2n) is 6.73. The van der Waals surface area contributed by atoms with Crippen molar-refractivity contribution in [2.24, 2.45) is 0 Å². The van der Waals surface area contributed by atoms with Gasteiger partial charge in [0.05, 0.1) is 17.4 Å². The van der Waals surface area contributed by atoms with Gasteiger partial charge in [0.2, 0.25) is 5.91 Å². The third kappa shape index (κ3) is 3.82. The second-order valence-corrected chi connectivity index (χ2v) is 6.73. The number of rotatable bonds is 8. The standard InChI is InChI=1S/C21H20N4O4/c26-19(22-14-17(18-8-4-13-29-18)25-12-5-10-23-25)9-3-11-24-20(27)15-6-1-2-7-16(15)21(24)28/h1-2,4-8,10,12-13,17H,3,9,11,14H2,(H,22,26). The maximum absolute atomic E-state index is 12.3. The lowest BCUT2D eigenvalue weighted by molar-refractivity contribution is -0.121. The predicted octanol–water partition coefficient (Wildman–Crippen LogP) is 2.26. The summed E-state index contributed by atoms with van der Waals surface area (Å²) in [5, 5.41) is 7.10. The van der Waals surface area contributed by atoms with Gasteiger partial charge in [-0.25, -0.2) is 0 Å². The van der Waals surface area contributed by atoms with Crippen molar-refractivity contribution in [2.75, 3.05) is 13.1 Å². The van der Waals surface area contributed by atoms with E-state index in [0.717, 1.165) is 0 Å². The molecule has 1 atom stereocenters. The normalized spacial score (nSPS) is 14.1. The number of nitrogens with zero attached hydrogens (tertiary/aromatic N) is 3. The Morgan fingerprint density at radius 3 is 2.45 bits per heavy atom. The molecule has 1 aromatic carbocycles. The van der Waals surface area contributed by atoms with Crippen LogP contribution in [0.3, 0.4) is 0 Å². The first-order chi connectivity index (χ1) is 14.1. The molecule has 0 spiro atoms. The van der Waals surface area contributed by atoms with Gasteiger partial charge in [-0.1, -0.05) is 12.1 Å². The van der Waals surface area contributed by atoms with Gasteiger partial charge < -0.3 is 9.73 Å². The number of amides is 3. The number of carbonyl (C=O) groups excluding carboxylic acids is 3. The van der Waals surface area contributed by atoms with E-state index >= 15 is 0 Å². The first-order valence-electron chi connectivity index (χ1n) is 9.39. The summed E-state index contributed by atoms with van der Waals surface area (Å²) in [6.45, 7) is 0.529. The highest BCUT2D eigenvalue weighted by atomic mass is 16.3. The molecule has 1 N–H and O–H groups in total. The van der Waals surface area contributed by atoms with Gasteiger partial charge in [0.25, 0.3) is 11.8 Å². The highest BCUT2D eigenvalue weighted by Gasteiger charge is 2.34. The molecule has 1 aliphatic rings. The van der Waals surface area contributed by atoms with E-state index in [4.69, 9.17) is 4.42 Å². The molecule has 1 unspecified atom stereocenters. The largest absolute Gasteiger partial charge is 0.467 e. The molecule has 3 aromatic rings. The zero-order valence-corrected chi connectivity index (χ0v) is 15.7. The summed E-state index contributed by atoms with van der Waals surface area (Å²) in [7, 11) is 0. The molecule has 29 heavy (non-hydrogen) atoms. The zero-order valence-electron chi connectivity index (χ0n) is 15.7. The highest BCUT2D eigenvalue weighted by Crippen LogP contribution is 2.22. The molecule has 3 heterocycles. The van der Waals surface area contributed by atoms with Crippen molar-refractivity contribution in [1.82, 2.24) is 20.0 Å². The lowest BCUT2D eigenvalue weighted by Gasteiger charge is -2.17. The number of imide groups is 1. The van der Waals surface area contributed by atoms with Gasteiger partial charge in [0.1, 0.15) is 11.8 Å². The number of hydrogen-bond donors (Lipinski definition) is 1. The van der Waals surface area contributed by atoms with Crippen LogP contribution in [0, 0.1) is 0 Å². The maximum atomic E-state index is 12.3. The quantitative estimate of drug-likeness (QED) is 0.593. The van der Waals surface area contributed by atoms with Crippen molar-refractivity contribution < 1.29 is 18.8 Å². The fraction of sp³-hybridized carbons (Fsp3) is 0.238. The van der Waals surface area contributed by atoms with E-state index in [1.807, 2.05) is 12.3 Å². The van der Waals surface area contributed by atoms with Crippen molar-refractivity contribution >= 4 is 17.7 Å². The van der Waals surface area contributed by atoms with Crippen LogP contribution in [0.25, 0.3) is 0 Å². The molecular formula is C21H20N4O4. The van der Waals surface area contributed by atoms with E-state index < -0.39 is 0 Å². The van der Waals surface area contributed by atoms with Gasteiger partial charge in [-0.05, 0) is 36.8 Å². The Bertz CT molecular complexity index is 942. The van der Waals surface area contributed by atoms with Crippen LogP contribution >= 0.6 is 0 Å². The van der Waals surface area contributed by atoms with Crippen LogP contribution in [0.2, 0.25) is 0 Å². The van der Waals surface area contributed by atoms with Crippen LogP contribution in [-0.2, 0) is 4.79 Å². The second kappa shape index (κ2) is 8.14. The summed E-state index contributed by atoms with van der Waals surface area (Å²) in [6, 6.07) is 11.9. The molecule has 0 fully saturated rings. The van der Waals surface area contributed by atoms with E-state index in [9.17, 15) is 14.4 Å². The Morgan fingerprint density at radius 2 is 1.83 bits per heavy atom. The molecule has 0 aliphatic carbocycles. The van der Waals surface area contributed by atoms with Crippen molar-refractivity contribution in [3.63, 3.8) is 0 Å². The van der Waals surface area contributed by atoms with Gasteiger partial charge >= 0.3 is 0 Å². The first kappa shape index (κ1) is 18.7. The minimum Gasteiger partial charge on any atom is -0.467 e. The van der Waals surface area contributed by atoms with Crippen molar-refractivity contribution in [2.45, 2.75) is 18.9 Å². The Hall–Kier alpha value is -3.68. The smallest absolute Gasteiger partial charge is 0.261 e. The van der Waals surface area contributed by atoms with Crippen LogP contribution in [0.15, 0.2) is 65.5 Å². The molecule has 0 bridgehead atoms. The van der Waals surface area contributed by atoms with Gasteiger partial charge in [-0.15, -0.1) is 0 Å². The van der Waals surface area contributed by atoms with Gasteiger partial charge in [0.15, 0.2) is 0 Å². The number of hydrogen-bond acceptors (Lipinski definition) is 5. The number of fused-ring (bicyclic) bond motifs is 1. The molecule has 4 rings (SSSR count). The third-order valence-corrected chi connectivity index (χ3v) is 4.87. The van der Waals surface area contributed by atoms with E-state index in [-0.39, 0.29) is 36.7 Å². The third-order valence-electron chi connectivity index (χ3n) is 4.87. The summed E-state index contributed by atoms with van der Waals surface area (Å²) < 4.78 is 7.18. The molecule has 0 radical (unpaired) electrons. The monoisotopic (exact) mass is 392 g/mol. The summed E-state index contributed by atoms with van der Waals surface area (Å²) in [5.74, 6) is -0.0736. The molecule has 3 amide bonds. The SMILES string of the molecule is O=C(CCCN1C(=O)c2ccccc2C1=O)NCC(c1ccco1)n1cccn1. The van der Waals surface area contributed by atoms with Gasteiger partial charge in [-0.2, -0.15) is 5.10 Å². The molecule has 1 aliphatic heterocycles. The van der Waals surface area contributed by atoms with Gasteiger partial charge in [0, 0.05) is 31.9 Å².